The second kappa shape index (κ2) is 7.91. The molecule has 1 N–H and O–H groups in total. The second-order valence-corrected chi connectivity index (χ2v) is 9.32. The van der Waals surface area contributed by atoms with Gasteiger partial charge in [-0.1, -0.05) is 51.1 Å². The van der Waals surface area contributed by atoms with Crippen molar-refractivity contribution < 1.29 is 13.2 Å². The first-order chi connectivity index (χ1) is 12.1. The topological polar surface area (TPSA) is 66.5 Å². The van der Waals surface area contributed by atoms with Gasteiger partial charge in [0, 0.05) is 19.2 Å². The van der Waals surface area contributed by atoms with Gasteiger partial charge in [-0.15, -0.1) is 0 Å². The van der Waals surface area contributed by atoms with Crippen LogP contribution in [0.2, 0.25) is 0 Å². The van der Waals surface area contributed by atoms with Gasteiger partial charge in [-0.05, 0) is 35.2 Å². The fourth-order valence-corrected chi connectivity index (χ4v) is 3.53. The number of nitrogens with zero attached hydrogens (tertiary/aromatic N) is 1. The molecule has 26 heavy (non-hydrogen) atoms. The largest absolute Gasteiger partial charge is 0.351 e. The fourth-order valence-electron chi connectivity index (χ4n) is 2.45. The van der Waals surface area contributed by atoms with Gasteiger partial charge in [0.1, 0.15) is 0 Å². The third-order valence-electron chi connectivity index (χ3n) is 4.20. The molecule has 0 atom stereocenters. The molecule has 2 rings (SSSR count). The second-order valence-electron chi connectivity index (χ2n) is 7.20. The Morgan fingerprint density at radius 2 is 1.58 bits per heavy atom. The van der Waals surface area contributed by atoms with Gasteiger partial charge < -0.3 is 5.32 Å². The van der Waals surface area contributed by atoms with E-state index in [9.17, 15) is 13.2 Å². The van der Waals surface area contributed by atoms with E-state index in [1.807, 2.05) is 18.2 Å². The van der Waals surface area contributed by atoms with Crippen molar-refractivity contribution in [2.45, 2.75) is 26.2 Å². The van der Waals surface area contributed by atoms with Crippen LogP contribution in [0, 0.1) is 0 Å². The van der Waals surface area contributed by atoms with Crippen LogP contribution in [0.25, 0.3) is 0 Å². The number of carbonyl (C=O) groups is 1. The highest BCUT2D eigenvalue weighted by atomic mass is 32.2. The van der Waals surface area contributed by atoms with E-state index in [0.29, 0.717) is 11.3 Å². The Hall–Kier alpha value is -2.34. The number of rotatable bonds is 6. The van der Waals surface area contributed by atoms with Crippen LogP contribution in [0.4, 0.5) is 5.69 Å². The number of benzene rings is 2. The van der Waals surface area contributed by atoms with Gasteiger partial charge in [-0.2, -0.15) is 0 Å². The Bertz CT molecular complexity index is 839. The number of hydrogen-bond donors (Lipinski definition) is 1. The summed E-state index contributed by atoms with van der Waals surface area (Å²) in [6.45, 7) is 6.38. The Labute approximate surface area is 156 Å². The molecule has 2 aromatic carbocycles. The third-order valence-corrected chi connectivity index (χ3v) is 5.96. The highest BCUT2D eigenvalue weighted by molar-refractivity contribution is 7.92. The van der Waals surface area contributed by atoms with Gasteiger partial charge in [0.2, 0.25) is 10.0 Å². The van der Waals surface area contributed by atoms with Crippen molar-refractivity contribution >= 4 is 21.6 Å². The summed E-state index contributed by atoms with van der Waals surface area (Å²) in [6, 6.07) is 16.2. The number of anilines is 1. The van der Waals surface area contributed by atoms with Crippen LogP contribution >= 0.6 is 0 Å². The molecule has 0 aliphatic heterocycles. The summed E-state index contributed by atoms with van der Waals surface area (Å²) >= 11 is 0. The zero-order chi connectivity index (χ0) is 19.4. The van der Waals surface area contributed by atoms with Gasteiger partial charge in [0.15, 0.2) is 0 Å². The van der Waals surface area contributed by atoms with E-state index in [1.54, 1.807) is 36.4 Å². The summed E-state index contributed by atoms with van der Waals surface area (Å²) in [5, 5.41) is 2.67. The van der Waals surface area contributed by atoms with E-state index < -0.39 is 10.0 Å². The third kappa shape index (κ3) is 5.08. The molecule has 0 heterocycles. The summed E-state index contributed by atoms with van der Waals surface area (Å²) in [5.41, 5.74) is 2.27. The molecule has 140 valence electrons. The quantitative estimate of drug-likeness (QED) is 0.844. The molecule has 0 saturated heterocycles. The van der Waals surface area contributed by atoms with Crippen LogP contribution in [0.5, 0.6) is 0 Å². The van der Waals surface area contributed by atoms with Gasteiger partial charge in [0.05, 0.1) is 11.4 Å². The first kappa shape index (κ1) is 20.0. The maximum Gasteiger partial charge on any atom is 0.251 e. The minimum atomic E-state index is -3.50. The number of para-hydroxylation sites is 1. The molecule has 0 aliphatic rings. The molecule has 5 nitrogen and oxygen atoms in total. The molecule has 0 aliphatic carbocycles. The van der Waals surface area contributed by atoms with Gasteiger partial charge >= 0.3 is 0 Å². The molecule has 0 bridgehead atoms. The Morgan fingerprint density at radius 3 is 2.12 bits per heavy atom. The standard InChI is InChI=1S/C20H26N2O3S/c1-20(2,3)17-12-10-16(11-13-17)19(23)21-14-15-26(24,25)22(4)18-8-6-5-7-9-18/h5-13H,14-15H2,1-4H3,(H,21,23). The van der Waals surface area contributed by atoms with E-state index in [0.717, 1.165) is 5.56 Å². The molecule has 1 amide bonds. The highest BCUT2D eigenvalue weighted by Crippen LogP contribution is 2.22. The first-order valence-electron chi connectivity index (χ1n) is 8.52. The Morgan fingerprint density at radius 1 is 1.00 bits per heavy atom. The SMILES string of the molecule is CN(c1ccccc1)S(=O)(=O)CCNC(=O)c1ccc(C(C)(C)C)cc1. The van der Waals surface area contributed by atoms with Gasteiger partial charge in [-0.3, -0.25) is 9.10 Å². The molecule has 0 spiro atoms. The average molecular weight is 375 g/mol. The zero-order valence-electron chi connectivity index (χ0n) is 15.7. The molecule has 0 saturated carbocycles. The molecule has 6 heteroatoms. The van der Waals surface area contributed by atoms with Crippen LogP contribution in [-0.4, -0.2) is 33.7 Å². The van der Waals surface area contributed by atoms with Crippen LogP contribution < -0.4 is 9.62 Å². The number of amides is 1. The summed E-state index contributed by atoms with van der Waals surface area (Å²) in [5.74, 6) is -0.437. The monoisotopic (exact) mass is 374 g/mol. The van der Waals surface area contributed by atoms with E-state index in [-0.39, 0.29) is 23.6 Å². The van der Waals surface area contributed by atoms with Crippen molar-refractivity contribution in [2.75, 3.05) is 23.7 Å². The molecule has 0 fully saturated rings. The highest BCUT2D eigenvalue weighted by Gasteiger charge is 2.19. The fraction of sp³-hybridized carbons (Fsp3) is 0.350. The van der Waals surface area contributed by atoms with Crippen molar-refractivity contribution in [3.05, 3.63) is 65.7 Å². The summed E-state index contributed by atoms with van der Waals surface area (Å²) in [6.07, 6.45) is 0. The predicted molar refractivity (Wildman–Crippen MR) is 106 cm³/mol. The number of carbonyl (C=O) groups excluding carboxylic acids is 1. The molecular weight excluding hydrogens is 348 g/mol. The van der Waals surface area contributed by atoms with Gasteiger partial charge in [0.25, 0.3) is 5.91 Å². The summed E-state index contributed by atoms with van der Waals surface area (Å²) < 4.78 is 26.0. The Balaban J connectivity index is 1.93. The van der Waals surface area contributed by atoms with Crippen molar-refractivity contribution in [3.8, 4) is 0 Å². The van der Waals surface area contributed by atoms with Crippen molar-refractivity contribution in [2.24, 2.45) is 0 Å². The lowest BCUT2D eigenvalue weighted by atomic mass is 9.87. The van der Waals surface area contributed by atoms with Crippen molar-refractivity contribution in [1.29, 1.82) is 0 Å². The average Bonchev–Trinajstić information content (AvgIpc) is 2.61. The van der Waals surface area contributed by atoms with Crippen molar-refractivity contribution in [3.63, 3.8) is 0 Å². The molecule has 0 radical (unpaired) electrons. The minimum absolute atomic E-state index is 0.0190. The summed E-state index contributed by atoms with van der Waals surface area (Å²) in [4.78, 5) is 12.2. The maximum atomic E-state index is 12.4. The van der Waals surface area contributed by atoms with Crippen LogP contribution in [0.1, 0.15) is 36.7 Å². The maximum absolute atomic E-state index is 12.4. The van der Waals surface area contributed by atoms with E-state index in [4.69, 9.17) is 0 Å². The molecule has 0 aromatic heterocycles. The van der Waals surface area contributed by atoms with Crippen LogP contribution in [0.3, 0.4) is 0 Å². The van der Waals surface area contributed by atoms with E-state index in [2.05, 4.69) is 26.1 Å². The minimum Gasteiger partial charge on any atom is -0.351 e. The van der Waals surface area contributed by atoms with Crippen molar-refractivity contribution in [1.82, 2.24) is 5.32 Å². The normalized spacial score (nSPS) is 11.8. The first-order valence-corrected chi connectivity index (χ1v) is 10.1. The predicted octanol–water partition coefficient (Wildman–Crippen LogP) is 3.18. The Kier molecular flexibility index (Phi) is 6.08. The number of sulfonamides is 1. The van der Waals surface area contributed by atoms with Gasteiger partial charge in [-0.25, -0.2) is 8.42 Å². The lowest BCUT2D eigenvalue weighted by Gasteiger charge is -2.20. The summed E-state index contributed by atoms with van der Waals surface area (Å²) in [7, 11) is -1.99. The number of hydrogen-bond acceptors (Lipinski definition) is 3. The lowest BCUT2D eigenvalue weighted by Crippen LogP contribution is -2.35. The smallest absolute Gasteiger partial charge is 0.251 e. The zero-order valence-corrected chi connectivity index (χ0v) is 16.5. The molecule has 0 unspecified atom stereocenters. The van der Waals surface area contributed by atoms with Crippen LogP contribution in [0.15, 0.2) is 54.6 Å². The van der Waals surface area contributed by atoms with E-state index in [1.165, 1.54) is 11.4 Å². The van der Waals surface area contributed by atoms with E-state index >= 15 is 0 Å². The number of nitrogens with one attached hydrogen (secondary N) is 1. The molecular formula is C20H26N2O3S. The lowest BCUT2D eigenvalue weighted by molar-refractivity contribution is 0.0956. The molecule has 2 aromatic rings. The van der Waals surface area contributed by atoms with Crippen LogP contribution in [-0.2, 0) is 15.4 Å².